The van der Waals surface area contributed by atoms with Gasteiger partial charge in [-0.1, -0.05) is 17.4 Å². The van der Waals surface area contributed by atoms with E-state index in [4.69, 9.17) is 0 Å². The van der Waals surface area contributed by atoms with E-state index in [0.717, 1.165) is 16.3 Å². The van der Waals surface area contributed by atoms with Crippen LogP contribution in [-0.2, 0) is 0 Å². The van der Waals surface area contributed by atoms with Crippen LogP contribution in [0.3, 0.4) is 0 Å². The number of hydrogen-bond acceptors (Lipinski definition) is 4. The smallest absolute Gasteiger partial charge is 0.188 e. The third kappa shape index (κ3) is 2.46. The van der Waals surface area contributed by atoms with Crippen LogP contribution < -0.4 is 5.32 Å². The molecular weight excluding hydrogens is 256 g/mol. The van der Waals surface area contributed by atoms with Gasteiger partial charge in [0.15, 0.2) is 5.13 Å². The Kier molecular flexibility index (Phi) is 2.98. The lowest BCUT2D eigenvalue weighted by Crippen LogP contribution is -1.99. The monoisotopic (exact) mass is 272 g/mol. The van der Waals surface area contributed by atoms with Crippen molar-refractivity contribution in [3.8, 4) is 0 Å². The average molecular weight is 272 g/mol. The van der Waals surface area contributed by atoms with Crippen LogP contribution in [0.25, 0.3) is 10.2 Å². The molecule has 0 aliphatic rings. The molecule has 0 unspecified atom stereocenters. The number of nitrogens with one attached hydrogen (secondary N) is 1. The molecule has 0 atom stereocenters. The molecular formula is C14H16N4S. The SMILES string of the molecule is Cc1ccc2sc(Nc3cnn(C(C)C)c3)nc2c1. The van der Waals surface area contributed by atoms with E-state index in [2.05, 4.69) is 54.4 Å². The molecule has 2 heterocycles. The predicted molar refractivity (Wildman–Crippen MR) is 80.3 cm³/mol. The van der Waals surface area contributed by atoms with E-state index in [1.807, 2.05) is 17.1 Å². The van der Waals surface area contributed by atoms with Gasteiger partial charge in [0.25, 0.3) is 0 Å². The topological polar surface area (TPSA) is 42.7 Å². The van der Waals surface area contributed by atoms with Crippen molar-refractivity contribution in [2.75, 3.05) is 5.32 Å². The Hall–Kier alpha value is -1.88. The second-order valence-electron chi connectivity index (χ2n) is 4.92. The van der Waals surface area contributed by atoms with Crippen LogP contribution in [0.1, 0.15) is 25.5 Å². The molecule has 1 N–H and O–H groups in total. The molecule has 0 fully saturated rings. The second-order valence-corrected chi connectivity index (χ2v) is 5.95. The highest BCUT2D eigenvalue weighted by molar-refractivity contribution is 7.22. The Morgan fingerprint density at radius 3 is 2.89 bits per heavy atom. The van der Waals surface area contributed by atoms with Crippen molar-refractivity contribution >= 4 is 32.4 Å². The van der Waals surface area contributed by atoms with E-state index in [1.54, 1.807) is 11.3 Å². The Morgan fingerprint density at radius 1 is 1.32 bits per heavy atom. The zero-order valence-corrected chi connectivity index (χ0v) is 12.0. The van der Waals surface area contributed by atoms with Crippen LogP contribution in [0.5, 0.6) is 0 Å². The Bertz CT molecular complexity index is 711. The molecule has 5 heteroatoms. The lowest BCUT2D eigenvalue weighted by atomic mass is 10.2. The molecule has 98 valence electrons. The van der Waals surface area contributed by atoms with Gasteiger partial charge in [-0.25, -0.2) is 4.98 Å². The summed E-state index contributed by atoms with van der Waals surface area (Å²) in [5.74, 6) is 0. The van der Waals surface area contributed by atoms with E-state index in [1.165, 1.54) is 10.3 Å². The minimum Gasteiger partial charge on any atom is -0.329 e. The number of rotatable bonds is 3. The second kappa shape index (κ2) is 4.66. The average Bonchev–Trinajstić information content (AvgIpc) is 2.95. The fourth-order valence-corrected chi connectivity index (χ4v) is 2.77. The van der Waals surface area contributed by atoms with E-state index in [9.17, 15) is 0 Å². The Morgan fingerprint density at radius 2 is 2.16 bits per heavy atom. The number of aromatic nitrogens is 3. The van der Waals surface area contributed by atoms with Gasteiger partial charge in [-0.05, 0) is 38.5 Å². The van der Waals surface area contributed by atoms with Crippen molar-refractivity contribution < 1.29 is 0 Å². The van der Waals surface area contributed by atoms with Gasteiger partial charge < -0.3 is 5.32 Å². The number of hydrogen-bond donors (Lipinski definition) is 1. The maximum Gasteiger partial charge on any atom is 0.188 e. The zero-order chi connectivity index (χ0) is 13.4. The molecule has 1 aromatic carbocycles. The molecule has 19 heavy (non-hydrogen) atoms. The summed E-state index contributed by atoms with van der Waals surface area (Å²) in [4.78, 5) is 4.59. The van der Waals surface area contributed by atoms with Crippen LogP contribution in [0.15, 0.2) is 30.6 Å². The van der Waals surface area contributed by atoms with E-state index < -0.39 is 0 Å². The van der Waals surface area contributed by atoms with Crippen molar-refractivity contribution in [1.82, 2.24) is 14.8 Å². The van der Waals surface area contributed by atoms with Gasteiger partial charge in [-0.2, -0.15) is 5.10 Å². The maximum atomic E-state index is 4.59. The van der Waals surface area contributed by atoms with Crippen LogP contribution in [-0.4, -0.2) is 14.8 Å². The Balaban J connectivity index is 1.87. The van der Waals surface area contributed by atoms with Gasteiger partial charge in [0, 0.05) is 12.2 Å². The molecule has 4 nitrogen and oxygen atoms in total. The molecule has 0 radical (unpaired) electrons. The minimum absolute atomic E-state index is 0.369. The van der Waals surface area contributed by atoms with Crippen molar-refractivity contribution in [2.24, 2.45) is 0 Å². The first-order valence-electron chi connectivity index (χ1n) is 6.30. The fraction of sp³-hybridized carbons (Fsp3) is 0.286. The fourth-order valence-electron chi connectivity index (χ4n) is 1.90. The highest BCUT2D eigenvalue weighted by Crippen LogP contribution is 2.28. The van der Waals surface area contributed by atoms with E-state index in [0.29, 0.717) is 6.04 Å². The van der Waals surface area contributed by atoms with Crippen molar-refractivity contribution in [1.29, 1.82) is 0 Å². The molecule has 3 rings (SSSR count). The standard InChI is InChI=1S/C14H16N4S/c1-9(2)18-8-11(7-15-18)16-14-17-12-6-10(3)4-5-13(12)19-14/h4-9H,1-3H3,(H,16,17). The zero-order valence-electron chi connectivity index (χ0n) is 11.2. The summed E-state index contributed by atoms with van der Waals surface area (Å²) in [7, 11) is 0. The molecule has 0 amide bonds. The number of thiazole rings is 1. The number of anilines is 2. The summed E-state index contributed by atoms with van der Waals surface area (Å²) < 4.78 is 3.13. The molecule has 0 spiro atoms. The molecule has 0 saturated carbocycles. The molecule has 0 bridgehead atoms. The molecule has 3 aromatic rings. The largest absolute Gasteiger partial charge is 0.329 e. The third-order valence-electron chi connectivity index (χ3n) is 2.92. The molecule has 0 aliphatic heterocycles. The van der Waals surface area contributed by atoms with Crippen molar-refractivity contribution in [3.63, 3.8) is 0 Å². The van der Waals surface area contributed by atoms with Crippen LogP contribution >= 0.6 is 11.3 Å². The maximum absolute atomic E-state index is 4.59. The highest BCUT2D eigenvalue weighted by Gasteiger charge is 2.06. The van der Waals surface area contributed by atoms with Gasteiger partial charge in [0.2, 0.25) is 0 Å². The van der Waals surface area contributed by atoms with Crippen LogP contribution in [0.2, 0.25) is 0 Å². The summed E-state index contributed by atoms with van der Waals surface area (Å²) in [5, 5.41) is 8.53. The number of aryl methyl sites for hydroxylation is 1. The number of fused-ring (bicyclic) bond motifs is 1. The molecule has 0 saturated heterocycles. The summed E-state index contributed by atoms with van der Waals surface area (Å²) in [5.41, 5.74) is 3.25. The highest BCUT2D eigenvalue weighted by atomic mass is 32.1. The normalized spacial score (nSPS) is 11.4. The summed E-state index contributed by atoms with van der Waals surface area (Å²) >= 11 is 1.66. The van der Waals surface area contributed by atoms with Crippen molar-refractivity contribution in [3.05, 3.63) is 36.2 Å². The van der Waals surface area contributed by atoms with Gasteiger partial charge in [0.05, 0.1) is 22.1 Å². The first-order valence-corrected chi connectivity index (χ1v) is 7.12. The summed E-state index contributed by atoms with van der Waals surface area (Å²) in [6.07, 6.45) is 3.83. The van der Waals surface area contributed by atoms with E-state index >= 15 is 0 Å². The summed E-state index contributed by atoms with van der Waals surface area (Å²) in [6.45, 7) is 6.30. The first-order chi connectivity index (χ1) is 9.11. The van der Waals surface area contributed by atoms with Crippen molar-refractivity contribution in [2.45, 2.75) is 26.8 Å². The number of benzene rings is 1. The van der Waals surface area contributed by atoms with Gasteiger partial charge >= 0.3 is 0 Å². The van der Waals surface area contributed by atoms with Crippen LogP contribution in [0, 0.1) is 6.92 Å². The minimum atomic E-state index is 0.369. The lowest BCUT2D eigenvalue weighted by molar-refractivity contribution is 0.532. The molecule has 0 aliphatic carbocycles. The van der Waals surface area contributed by atoms with E-state index in [-0.39, 0.29) is 0 Å². The summed E-state index contributed by atoms with van der Waals surface area (Å²) in [6, 6.07) is 6.70. The Labute approximate surface area is 116 Å². The molecule has 2 aromatic heterocycles. The van der Waals surface area contributed by atoms with Gasteiger partial charge in [-0.15, -0.1) is 0 Å². The first kappa shape index (κ1) is 12.2. The predicted octanol–water partition coefficient (Wildman–Crippen LogP) is 4.13. The van der Waals surface area contributed by atoms with Gasteiger partial charge in [-0.3, -0.25) is 4.68 Å². The van der Waals surface area contributed by atoms with Crippen LogP contribution in [0.4, 0.5) is 10.8 Å². The number of nitrogens with zero attached hydrogens (tertiary/aromatic N) is 3. The lowest BCUT2D eigenvalue weighted by Gasteiger charge is -2.03. The quantitative estimate of drug-likeness (QED) is 0.779. The van der Waals surface area contributed by atoms with Gasteiger partial charge in [0.1, 0.15) is 0 Å². The third-order valence-corrected chi connectivity index (χ3v) is 3.88.